The molecule has 0 radical (unpaired) electrons. The van der Waals surface area contributed by atoms with E-state index in [-0.39, 0.29) is 28.8 Å². The molecular formula is C61H100O30. The molecule has 30 heteroatoms. The van der Waals surface area contributed by atoms with Crippen molar-refractivity contribution < 1.29 is 148 Å². The van der Waals surface area contributed by atoms with Gasteiger partial charge < -0.3 is 148 Å². The zero-order chi connectivity index (χ0) is 64.9. The summed E-state index contributed by atoms with van der Waals surface area (Å²) >= 11 is 0. The quantitative estimate of drug-likeness (QED) is 0.0683. The Kier molecular flexibility index (Phi) is 21.3. The summed E-state index contributed by atoms with van der Waals surface area (Å²) in [6.07, 6.45) is -39.1. The van der Waals surface area contributed by atoms with Gasteiger partial charge in [0.1, 0.15) is 128 Å². The molecule has 12 rings (SSSR count). The lowest BCUT2D eigenvalue weighted by molar-refractivity contribution is -0.407. The van der Waals surface area contributed by atoms with E-state index >= 15 is 0 Å². The Morgan fingerprint density at radius 1 is 0.407 bits per heavy atom. The average Bonchev–Trinajstić information content (AvgIpc) is 1.67. The summed E-state index contributed by atoms with van der Waals surface area (Å²) in [5.74, 6) is 2.30. The molecule has 0 amide bonds. The van der Waals surface area contributed by atoms with Crippen LogP contribution < -0.4 is 0 Å². The van der Waals surface area contributed by atoms with Crippen molar-refractivity contribution in [1.29, 1.82) is 0 Å². The molecule has 91 heavy (non-hydrogen) atoms. The minimum Gasteiger partial charge on any atom is -0.394 e. The Morgan fingerprint density at radius 2 is 0.901 bits per heavy atom. The van der Waals surface area contributed by atoms with Crippen molar-refractivity contribution in [1.82, 2.24) is 0 Å². The normalized spacial score (nSPS) is 57.0. The lowest BCUT2D eigenvalue weighted by Crippen LogP contribution is -2.68. The van der Waals surface area contributed by atoms with Gasteiger partial charge in [0.15, 0.2) is 43.5 Å². The number of aliphatic hydroxyl groups excluding tert-OH is 16. The van der Waals surface area contributed by atoms with Crippen LogP contribution in [0.5, 0.6) is 0 Å². The fourth-order valence-electron chi connectivity index (χ4n) is 18.5. The fraction of sp³-hybridized carbons (Fsp3) is 1.00. The number of rotatable bonds is 15. The van der Waals surface area contributed by atoms with Crippen LogP contribution >= 0.6 is 0 Å². The lowest BCUT2D eigenvalue weighted by atomic mass is 9.41. The molecule has 4 aliphatic carbocycles. The maximum absolute atomic E-state index is 12.3. The van der Waals surface area contributed by atoms with Gasteiger partial charge in [-0.15, -0.1) is 0 Å². The first-order valence-corrected chi connectivity index (χ1v) is 33.1. The van der Waals surface area contributed by atoms with Gasteiger partial charge in [0, 0.05) is 12.3 Å². The number of hydrogen-bond donors (Lipinski definition) is 16. The molecule has 524 valence electrons. The van der Waals surface area contributed by atoms with Crippen LogP contribution in [0.2, 0.25) is 0 Å². The summed E-state index contributed by atoms with van der Waals surface area (Å²) in [5, 5.41) is 176. The van der Waals surface area contributed by atoms with Crippen molar-refractivity contribution in [2.75, 3.05) is 46.2 Å². The highest BCUT2D eigenvalue weighted by molar-refractivity contribution is 5.14. The van der Waals surface area contributed by atoms with Crippen molar-refractivity contribution in [3.05, 3.63) is 0 Å². The molecule has 1 spiro atoms. The zero-order valence-electron chi connectivity index (χ0n) is 51.9. The Balaban J connectivity index is 0.804. The Bertz CT molecular complexity index is 2380. The highest BCUT2D eigenvalue weighted by atomic mass is 16.8. The third kappa shape index (κ3) is 12.8. The number of aliphatic hydroxyl groups is 16. The summed E-state index contributed by atoms with van der Waals surface area (Å²) in [7, 11) is 0. The van der Waals surface area contributed by atoms with Crippen molar-refractivity contribution in [3.63, 3.8) is 0 Å². The second-order valence-corrected chi connectivity index (χ2v) is 28.9. The zero-order valence-corrected chi connectivity index (χ0v) is 51.9. The van der Waals surface area contributed by atoms with Gasteiger partial charge in [-0.25, -0.2) is 0 Å². The van der Waals surface area contributed by atoms with Crippen LogP contribution in [-0.4, -0.2) is 312 Å². The standard InChI is InChI=1S/C61H100O30/c1-23-9-14-61(81-19-23)24(2)37-33(91-61)8-7-28-27-6-5-25-15-26(10-12-59(25,3)29(27)11-13-60(28,37)4)82-58-52(90-56-46(76)48(41(71)34(16-62)84-56)86-53-44(74)38(68)30(65)20-78-53)50(43(73)36(18-64)85-58)88-55-47(77)49(42(72)35(17-63)83-55)87-57-51(40(70)32(67)22-80-57)89-54-45(75)39(69)31(66)21-79-54/h23-58,62-77H,5-22H2,1-4H3. The fourth-order valence-corrected chi connectivity index (χ4v) is 18.5. The van der Waals surface area contributed by atoms with E-state index in [0.717, 1.165) is 57.8 Å². The number of fused-ring (bicyclic) bond motifs is 7. The number of hydrogen-bond acceptors (Lipinski definition) is 30. The molecule has 0 aromatic carbocycles. The molecule has 8 heterocycles. The molecule has 8 saturated heterocycles. The summed E-state index contributed by atoms with van der Waals surface area (Å²) in [4.78, 5) is 0. The topological polar surface area (TPSA) is 453 Å². The molecule has 12 fully saturated rings. The van der Waals surface area contributed by atoms with E-state index in [1.54, 1.807) is 0 Å². The Labute approximate surface area is 527 Å². The Morgan fingerprint density at radius 3 is 1.47 bits per heavy atom. The van der Waals surface area contributed by atoms with E-state index in [2.05, 4.69) is 27.7 Å². The summed E-state index contributed by atoms with van der Waals surface area (Å²) in [6, 6.07) is 0. The molecule has 0 aromatic heterocycles. The first-order chi connectivity index (χ1) is 43.3. The Hall–Kier alpha value is -1.20. The lowest BCUT2D eigenvalue weighted by Gasteiger charge is -2.64. The molecule has 39 unspecified atom stereocenters. The van der Waals surface area contributed by atoms with E-state index in [0.29, 0.717) is 49.0 Å². The third-order valence-corrected chi connectivity index (χ3v) is 23.7. The third-order valence-electron chi connectivity index (χ3n) is 23.7. The van der Waals surface area contributed by atoms with Crippen LogP contribution in [0.15, 0.2) is 0 Å². The van der Waals surface area contributed by atoms with Gasteiger partial charge in [-0.1, -0.05) is 27.7 Å². The highest BCUT2D eigenvalue weighted by Crippen LogP contribution is 2.70. The van der Waals surface area contributed by atoms with Crippen molar-refractivity contribution in [2.24, 2.45) is 52.3 Å². The number of ether oxygens (including phenoxy) is 14. The van der Waals surface area contributed by atoms with Crippen LogP contribution in [0, 0.1) is 52.3 Å². The second kappa shape index (κ2) is 27.8. The predicted molar refractivity (Wildman–Crippen MR) is 300 cm³/mol. The summed E-state index contributed by atoms with van der Waals surface area (Å²) in [6.45, 7) is 5.89. The summed E-state index contributed by atoms with van der Waals surface area (Å²) < 4.78 is 86.3. The molecule has 4 saturated carbocycles. The van der Waals surface area contributed by atoms with E-state index in [1.165, 1.54) is 0 Å². The van der Waals surface area contributed by atoms with Crippen LogP contribution in [0.4, 0.5) is 0 Å². The molecule has 0 aromatic rings. The van der Waals surface area contributed by atoms with E-state index in [9.17, 15) is 81.7 Å². The van der Waals surface area contributed by atoms with Gasteiger partial charge in [0.2, 0.25) is 0 Å². The minimum atomic E-state index is -2.15. The molecular weight excluding hydrogens is 1210 g/mol. The molecule has 16 N–H and O–H groups in total. The molecule has 39 atom stereocenters. The average molecular weight is 1310 g/mol. The van der Waals surface area contributed by atoms with Gasteiger partial charge in [-0.05, 0) is 111 Å². The van der Waals surface area contributed by atoms with Crippen LogP contribution in [0.3, 0.4) is 0 Å². The monoisotopic (exact) mass is 1310 g/mol. The van der Waals surface area contributed by atoms with Crippen LogP contribution in [0.1, 0.15) is 98.3 Å². The first-order valence-electron chi connectivity index (χ1n) is 33.1. The van der Waals surface area contributed by atoms with Gasteiger partial charge in [-0.3, -0.25) is 0 Å². The van der Waals surface area contributed by atoms with Gasteiger partial charge >= 0.3 is 0 Å². The van der Waals surface area contributed by atoms with Crippen molar-refractivity contribution >= 4 is 0 Å². The van der Waals surface area contributed by atoms with Gasteiger partial charge in [-0.2, -0.15) is 0 Å². The van der Waals surface area contributed by atoms with E-state index < -0.39 is 217 Å². The van der Waals surface area contributed by atoms with Crippen molar-refractivity contribution in [2.45, 2.75) is 282 Å². The van der Waals surface area contributed by atoms with Crippen LogP contribution in [-0.2, 0) is 66.3 Å². The minimum absolute atomic E-state index is 0.0646. The van der Waals surface area contributed by atoms with Gasteiger partial charge in [0.05, 0.1) is 58.5 Å². The maximum Gasteiger partial charge on any atom is 0.187 e. The molecule has 30 nitrogen and oxygen atoms in total. The van der Waals surface area contributed by atoms with Crippen LogP contribution in [0.25, 0.3) is 0 Å². The first kappa shape index (κ1) is 69.7. The smallest absolute Gasteiger partial charge is 0.187 e. The van der Waals surface area contributed by atoms with E-state index in [1.807, 2.05) is 0 Å². The highest BCUT2D eigenvalue weighted by Gasteiger charge is 2.68. The second-order valence-electron chi connectivity index (χ2n) is 28.9. The largest absolute Gasteiger partial charge is 0.394 e. The predicted octanol–water partition coefficient (Wildman–Crippen LogP) is -4.95. The SMILES string of the molecule is CC1CCC2(OC1)OC1CCC3C4CCC5CC(OC6OC(CO)C(O)C(OC7OC(CO)C(O)C(OC8OCC(O)C(O)C8OC8OCC(O)C(O)C8O)C7O)C6OC6OC(CO)C(O)C(OC7OCC(O)C(O)C7O)C6O)CCC5(C)C4CCC3(C)C1C2C. The molecule has 8 aliphatic heterocycles. The summed E-state index contributed by atoms with van der Waals surface area (Å²) in [5.41, 5.74) is 0.0246. The maximum atomic E-state index is 12.3. The van der Waals surface area contributed by atoms with E-state index in [4.69, 9.17) is 66.3 Å². The molecule has 12 aliphatic rings. The van der Waals surface area contributed by atoms with Gasteiger partial charge in [0.25, 0.3) is 0 Å². The molecule has 0 bridgehead atoms. The van der Waals surface area contributed by atoms with Crippen molar-refractivity contribution in [3.8, 4) is 0 Å².